The Hall–Kier alpha value is -3.69. The predicted molar refractivity (Wildman–Crippen MR) is 106 cm³/mol. The first-order chi connectivity index (χ1) is 16.4. The molecule has 35 heavy (non-hydrogen) atoms. The first-order valence-electron chi connectivity index (χ1n) is 10.5. The Labute approximate surface area is 199 Å². The Bertz CT molecular complexity index is 863. The summed E-state index contributed by atoms with van der Waals surface area (Å²) < 4.78 is 26.1. The van der Waals surface area contributed by atoms with Gasteiger partial charge in [0.2, 0.25) is 11.4 Å². The number of rotatable bonds is 9. The van der Waals surface area contributed by atoms with Crippen molar-refractivity contribution in [2.45, 2.75) is 77.3 Å². The van der Waals surface area contributed by atoms with E-state index in [1.165, 1.54) is 0 Å². The maximum absolute atomic E-state index is 12.4. The second-order valence-corrected chi connectivity index (χ2v) is 7.67. The highest BCUT2D eigenvalue weighted by molar-refractivity contribution is 5.73. The van der Waals surface area contributed by atoms with Crippen molar-refractivity contribution in [2.24, 2.45) is 5.28 Å². The van der Waals surface area contributed by atoms with Crippen LogP contribution in [0.1, 0.15) is 40.5 Å². The lowest BCUT2D eigenvalue weighted by atomic mass is 9.98. The third-order valence-corrected chi connectivity index (χ3v) is 4.90. The number of carboxylic acids is 1. The van der Waals surface area contributed by atoms with Gasteiger partial charge in [0.15, 0.2) is 18.2 Å². The summed E-state index contributed by atoms with van der Waals surface area (Å²) in [6.07, 6.45) is -6.87. The van der Waals surface area contributed by atoms with Crippen LogP contribution in [0.5, 0.6) is 0 Å². The highest BCUT2D eigenvalue weighted by atomic mass is 16.8. The topological polar surface area (TPSA) is 203 Å². The van der Waals surface area contributed by atoms with Gasteiger partial charge in [-0.2, -0.15) is 0 Å². The smallest absolute Gasteiger partial charge is 0.332 e. The number of hydrogen-bond acceptors (Lipinski definition) is 13. The number of nitrogens with zero attached hydrogens (tertiary/aromatic N) is 3. The summed E-state index contributed by atoms with van der Waals surface area (Å²) in [6, 6.07) is -1.13. The van der Waals surface area contributed by atoms with E-state index in [1.54, 1.807) is 0 Å². The van der Waals surface area contributed by atoms with Crippen LogP contribution in [-0.4, -0.2) is 94.8 Å². The number of carbonyl (C=O) groups excluding carboxylic acids is 4. The van der Waals surface area contributed by atoms with E-state index in [1.807, 2.05) is 0 Å². The molecule has 0 aromatic rings. The minimum absolute atomic E-state index is 0.0833. The molecule has 0 radical (unpaired) electrons. The summed E-state index contributed by atoms with van der Waals surface area (Å²) in [5.41, 5.74) is 0. The van der Waals surface area contributed by atoms with Crippen molar-refractivity contribution in [3.8, 4) is 0 Å². The molecule has 2 heterocycles. The molecule has 196 valence electrons. The molecule has 0 saturated carbocycles. The van der Waals surface area contributed by atoms with E-state index in [4.69, 9.17) is 28.5 Å². The average molecular weight is 505 g/mol. The molecule has 2 aliphatic rings. The van der Waals surface area contributed by atoms with Crippen molar-refractivity contribution < 1.29 is 62.6 Å². The molecule has 0 aliphatic carbocycles. The van der Waals surface area contributed by atoms with Crippen LogP contribution >= 0.6 is 0 Å². The van der Waals surface area contributed by atoms with Crippen molar-refractivity contribution in [1.82, 2.24) is 5.01 Å². The number of carbonyl (C=O) groups is 5. The molecule has 0 bridgehead atoms. The molecule has 16 nitrogen and oxygen atoms in total. The zero-order chi connectivity index (χ0) is 26.3. The van der Waals surface area contributed by atoms with Crippen molar-refractivity contribution in [1.29, 1.82) is 0 Å². The van der Waals surface area contributed by atoms with Crippen LogP contribution < -0.4 is 0 Å². The van der Waals surface area contributed by atoms with Gasteiger partial charge in [0.25, 0.3) is 6.29 Å². The minimum Gasteiger partial charge on any atom is -0.569 e. The fourth-order valence-electron chi connectivity index (χ4n) is 3.61. The van der Waals surface area contributed by atoms with E-state index in [-0.39, 0.29) is 17.9 Å². The largest absolute Gasteiger partial charge is 0.569 e. The van der Waals surface area contributed by atoms with E-state index in [0.717, 1.165) is 32.7 Å². The highest BCUT2D eigenvalue weighted by Crippen LogP contribution is 2.30. The summed E-state index contributed by atoms with van der Waals surface area (Å²) in [5, 5.41) is 25.9. The Kier molecular flexibility index (Phi) is 9.56. The van der Waals surface area contributed by atoms with Crippen LogP contribution in [0.25, 0.3) is 0 Å². The molecular formula is C19H27N3O13. The normalized spacial score (nSPS) is 28.6. The zero-order valence-electron chi connectivity index (χ0n) is 19.5. The van der Waals surface area contributed by atoms with Crippen LogP contribution in [-0.2, 0) is 52.5 Å². The summed E-state index contributed by atoms with van der Waals surface area (Å²) in [4.78, 5) is 62.9. The Balaban J connectivity index is 2.38. The summed E-state index contributed by atoms with van der Waals surface area (Å²) >= 11 is 0. The van der Waals surface area contributed by atoms with Gasteiger partial charge in [-0.25, -0.2) is 4.79 Å². The Morgan fingerprint density at radius 2 is 1.54 bits per heavy atom. The van der Waals surface area contributed by atoms with Crippen LogP contribution in [0.15, 0.2) is 5.28 Å². The van der Waals surface area contributed by atoms with E-state index in [2.05, 4.69) is 5.28 Å². The molecule has 2 rings (SSSR count). The highest BCUT2D eigenvalue weighted by Gasteiger charge is 2.54. The molecule has 0 amide bonds. The summed E-state index contributed by atoms with van der Waals surface area (Å²) in [7, 11) is 0. The van der Waals surface area contributed by atoms with E-state index < -0.39 is 73.2 Å². The first-order valence-corrected chi connectivity index (χ1v) is 10.5. The lowest BCUT2D eigenvalue weighted by Gasteiger charge is -2.42. The monoisotopic (exact) mass is 505 g/mol. The van der Waals surface area contributed by atoms with Gasteiger partial charge in [-0.1, -0.05) is 0 Å². The molecule has 16 heteroatoms. The summed E-state index contributed by atoms with van der Waals surface area (Å²) in [5.74, 6) is -4.46. The second kappa shape index (κ2) is 12.1. The van der Waals surface area contributed by atoms with Gasteiger partial charge in [-0.15, -0.1) is 5.01 Å². The van der Waals surface area contributed by atoms with E-state index >= 15 is 0 Å². The van der Waals surface area contributed by atoms with Crippen molar-refractivity contribution in [3.05, 3.63) is 5.21 Å². The quantitative estimate of drug-likeness (QED) is 0.137. The number of hydrazine groups is 1. The Morgan fingerprint density at radius 3 is 2.09 bits per heavy atom. The zero-order valence-corrected chi connectivity index (χ0v) is 19.5. The maximum atomic E-state index is 12.4. The number of aliphatic carboxylic acids is 1. The molecular weight excluding hydrogens is 478 g/mol. The van der Waals surface area contributed by atoms with E-state index in [0.29, 0.717) is 6.42 Å². The van der Waals surface area contributed by atoms with Gasteiger partial charge in [0, 0.05) is 27.7 Å². The lowest BCUT2D eigenvalue weighted by molar-refractivity contribution is -0.715. The lowest BCUT2D eigenvalue weighted by Crippen LogP contribution is -2.62. The Morgan fingerprint density at radius 1 is 0.971 bits per heavy atom. The van der Waals surface area contributed by atoms with Crippen molar-refractivity contribution >= 4 is 29.8 Å². The maximum Gasteiger partial charge on any atom is 0.332 e. The molecule has 1 N–H and O–H groups in total. The third kappa shape index (κ3) is 7.66. The molecule has 2 aliphatic heterocycles. The fourth-order valence-corrected chi connectivity index (χ4v) is 3.61. The molecule has 2 fully saturated rings. The van der Waals surface area contributed by atoms with Gasteiger partial charge in [0.1, 0.15) is 12.7 Å². The van der Waals surface area contributed by atoms with Gasteiger partial charge in [-0.3, -0.25) is 19.2 Å². The standard InChI is InChI=1S/C19H27N3O13/c1-9(23)30-8-14-15(31-10(2)24)16(32-11(3)25)17(33-12(4)26)19(34-14)35-20-22(29)21-7-5-6-13(21)18(27)28/h13-17,19H,5-8H2,1-4H3,(H,27,28)/b22-20-/t13?,14-,15-,16+,17-,19+/m1/s1. The predicted octanol–water partition coefficient (Wildman–Crippen LogP) is -0.572. The summed E-state index contributed by atoms with van der Waals surface area (Å²) in [6.45, 7) is 3.86. The van der Waals surface area contributed by atoms with Crippen LogP contribution in [0.4, 0.5) is 0 Å². The number of esters is 4. The third-order valence-electron chi connectivity index (χ3n) is 4.90. The SMILES string of the molecule is CC(=O)OC[C@H]1O[C@@H](O/N=[N+](\[O-])N2CCCC2C(=O)O)[C@H](OC(C)=O)[C@@H](OC(C)=O)[C@@H]1OC(C)=O. The van der Waals surface area contributed by atoms with Gasteiger partial charge in [-0.05, 0) is 12.8 Å². The van der Waals surface area contributed by atoms with Crippen LogP contribution in [0.2, 0.25) is 0 Å². The fraction of sp³-hybridized carbons (Fsp3) is 0.737. The molecule has 1 unspecified atom stereocenters. The number of carboxylic acid groups (broad SMARTS) is 1. The van der Waals surface area contributed by atoms with Crippen molar-refractivity contribution in [2.75, 3.05) is 13.2 Å². The van der Waals surface area contributed by atoms with Gasteiger partial charge >= 0.3 is 29.8 Å². The first kappa shape index (κ1) is 27.6. The average Bonchev–Trinajstić information content (AvgIpc) is 3.23. The second-order valence-electron chi connectivity index (χ2n) is 7.67. The number of hydrogen-bond donors (Lipinski definition) is 1. The molecule has 0 aromatic carbocycles. The van der Waals surface area contributed by atoms with Gasteiger partial charge in [0.05, 0.1) is 11.5 Å². The molecule has 2 saturated heterocycles. The van der Waals surface area contributed by atoms with Crippen LogP contribution in [0, 0.1) is 5.21 Å². The van der Waals surface area contributed by atoms with Gasteiger partial charge < -0.3 is 38.8 Å². The minimum atomic E-state index is -1.71. The van der Waals surface area contributed by atoms with Crippen LogP contribution in [0.3, 0.4) is 0 Å². The molecule has 0 aromatic heterocycles. The van der Waals surface area contributed by atoms with E-state index in [9.17, 15) is 34.3 Å². The molecule has 0 spiro atoms. The van der Waals surface area contributed by atoms with Crippen molar-refractivity contribution in [3.63, 3.8) is 0 Å². The molecule has 6 atom stereocenters. The number of ether oxygens (including phenoxy) is 5.